The van der Waals surface area contributed by atoms with Crippen LogP contribution in [0.15, 0.2) is 0 Å². The third kappa shape index (κ3) is 4.37. The highest BCUT2D eigenvalue weighted by Gasteiger charge is 2.46. The van der Waals surface area contributed by atoms with Gasteiger partial charge in [0.2, 0.25) is 10.0 Å². The first kappa shape index (κ1) is 17.1. The third-order valence-electron chi connectivity index (χ3n) is 4.43. The number of piperidine rings is 1. The molecular weight excluding hydrogens is 296 g/mol. The van der Waals surface area contributed by atoms with Crippen molar-refractivity contribution in [2.24, 2.45) is 5.92 Å². The second kappa shape index (κ2) is 6.89. The minimum atomic E-state index is -3.31. The fourth-order valence-electron chi connectivity index (χ4n) is 3.16. The lowest BCUT2D eigenvalue weighted by molar-refractivity contribution is -0.0201. The first-order chi connectivity index (χ1) is 9.81. The lowest BCUT2D eigenvalue weighted by Gasteiger charge is -2.38. The summed E-state index contributed by atoms with van der Waals surface area (Å²) in [6, 6.07) is -0.274. The van der Waals surface area contributed by atoms with E-state index in [1.54, 1.807) is 0 Å². The van der Waals surface area contributed by atoms with E-state index in [0.717, 1.165) is 32.2 Å². The van der Waals surface area contributed by atoms with Gasteiger partial charge >= 0.3 is 0 Å². The molecule has 4 atom stereocenters. The molecule has 0 aromatic heterocycles. The Morgan fingerprint density at radius 1 is 1.29 bits per heavy atom. The lowest BCUT2D eigenvalue weighted by Crippen LogP contribution is -2.53. The minimum Gasteiger partial charge on any atom is -0.394 e. The smallest absolute Gasteiger partial charge is 0.208 e. The van der Waals surface area contributed by atoms with Crippen molar-refractivity contribution in [2.45, 2.75) is 44.1 Å². The molecule has 2 saturated heterocycles. The topological polar surface area (TPSA) is 99.1 Å². The summed E-state index contributed by atoms with van der Waals surface area (Å²) in [6.45, 7) is 3.78. The number of nitrogens with one attached hydrogen (secondary N) is 1. The molecule has 124 valence electrons. The molecular formula is C13H26N2O5S. The van der Waals surface area contributed by atoms with Crippen molar-refractivity contribution in [1.82, 2.24) is 9.62 Å². The predicted octanol–water partition coefficient (Wildman–Crippen LogP) is -1.24. The normalized spacial score (nSPS) is 36.2. The van der Waals surface area contributed by atoms with E-state index >= 15 is 0 Å². The first-order valence-electron chi connectivity index (χ1n) is 7.45. The van der Waals surface area contributed by atoms with E-state index in [4.69, 9.17) is 4.74 Å². The summed E-state index contributed by atoms with van der Waals surface area (Å²) in [5.41, 5.74) is 0. The molecule has 2 aliphatic heterocycles. The lowest BCUT2D eigenvalue weighted by atomic mass is 9.94. The Hall–Kier alpha value is -0.250. The van der Waals surface area contributed by atoms with Gasteiger partial charge in [-0.3, -0.25) is 4.90 Å². The quantitative estimate of drug-likeness (QED) is 0.585. The monoisotopic (exact) mass is 322 g/mol. The number of hydrogen-bond acceptors (Lipinski definition) is 6. The van der Waals surface area contributed by atoms with Crippen LogP contribution in [0.5, 0.6) is 0 Å². The SMILES string of the molecule is CC1CCN([C@@H]2[C@H](O)[C@H](CO)O[C@@H]2CNS(C)(=O)=O)CC1. The second-order valence-corrected chi connectivity index (χ2v) is 8.05. The Bertz CT molecular complexity index is 436. The molecule has 0 unspecified atom stereocenters. The van der Waals surface area contributed by atoms with Crippen LogP contribution in [-0.4, -0.2) is 80.4 Å². The summed E-state index contributed by atoms with van der Waals surface area (Å²) in [7, 11) is -3.31. The molecule has 2 fully saturated rings. The fourth-order valence-corrected chi connectivity index (χ4v) is 3.62. The van der Waals surface area contributed by atoms with E-state index < -0.39 is 28.3 Å². The Morgan fingerprint density at radius 3 is 2.43 bits per heavy atom. The van der Waals surface area contributed by atoms with Crippen molar-refractivity contribution in [1.29, 1.82) is 0 Å². The third-order valence-corrected chi connectivity index (χ3v) is 5.12. The maximum atomic E-state index is 11.3. The van der Waals surface area contributed by atoms with Gasteiger partial charge in [0, 0.05) is 6.54 Å². The second-order valence-electron chi connectivity index (χ2n) is 6.22. The van der Waals surface area contributed by atoms with Gasteiger partial charge in [-0.15, -0.1) is 0 Å². The molecule has 0 aliphatic carbocycles. The number of nitrogens with zero attached hydrogens (tertiary/aromatic N) is 1. The Balaban J connectivity index is 2.05. The predicted molar refractivity (Wildman–Crippen MR) is 78.4 cm³/mol. The van der Waals surface area contributed by atoms with Crippen LogP contribution in [-0.2, 0) is 14.8 Å². The number of hydrogen-bond donors (Lipinski definition) is 3. The summed E-state index contributed by atoms with van der Waals surface area (Å²) in [4.78, 5) is 2.16. The van der Waals surface area contributed by atoms with Gasteiger partial charge in [-0.25, -0.2) is 13.1 Å². The highest BCUT2D eigenvalue weighted by atomic mass is 32.2. The van der Waals surface area contributed by atoms with Crippen molar-refractivity contribution in [3.05, 3.63) is 0 Å². The number of ether oxygens (including phenoxy) is 1. The van der Waals surface area contributed by atoms with E-state index in [2.05, 4.69) is 16.5 Å². The van der Waals surface area contributed by atoms with Crippen LogP contribution in [0.4, 0.5) is 0 Å². The van der Waals surface area contributed by atoms with Gasteiger partial charge in [0.1, 0.15) is 12.2 Å². The van der Waals surface area contributed by atoms with E-state index in [1.165, 1.54) is 0 Å². The molecule has 0 saturated carbocycles. The molecule has 0 radical (unpaired) electrons. The van der Waals surface area contributed by atoms with Crippen molar-refractivity contribution >= 4 is 10.0 Å². The van der Waals surface area contributed by atoms with Crippen LogP contribution in [0, 0.1) is 5.92 Å². The van der Waals surface area contributed by atoms with E-state index in [1.807, 2.05) is 0 Å². The van der Waals surface area contributed by atoms with Crippen molar-refractivity contribution in [3.8, 4) is 0 Å². The number of rotatable bonds is 5. The van der Waals surface area contributed by atoms with E-state index in [9.17, 15) is 18.6 Å². The zero-order chi connectivity index (χ0) is 15.6. The molecule has 0 aromatic carbocycles. The molecule has 0 spiro atoms. The van der Waals surface area contributed by atoms with Crippen molar-refractivity contribution in [2.75, 3.05) is 32.5 Å². The molecule has 3 N–H and O–H groups in total. The van der Waals surface area contributed by atoms with Crippen molar-refractivity contribution in [3.63, 3.8) is 0 Å². The van der Waals surface area contributed by atoms with Gasteiger partial charge in [0.25, 0.3) is 0 Å². The molecule has 2 heterocycles. The Kier molecular flexibility index (Phi) is 5.61. The molecule has 8 heteroatoms. The summed E-state index contributed by atoms with van der Waals surface area (Å²) < 4.78 is 30.6. The molecule has 0 bridgehead atoms. The van der Waals surface area contributed by atoms with Gasteiger partial charge in [-0.1, -0.05) is 6.92 Å². The molecule has 0 amide bonds. The van der Waals surface area contributed by atoms with Gasteiger partial charge in [0.15, 0.2) is 0 Å². The van der Waals surface area contributed by atoms with Gasteiger partial charge in [0.05, 0.1) is 25.0 Å². The summed E-state index contributed by atoms with van der Waals surface area (Å²) in [6.07, 6.45) is 1.31. The maximum Gasteiger partial charge on any atom is 0.208 e. The number of likely N-dealkylation sites (tertiary alicyclic amines) is 1. The zero-order valence-corrected chi connectivity index (χ0v) is 13.4. The molecule has 0 aromatic rings. The summed E-state index contributed by atoms with van der Waals surface area (Å²) in [5.74, 6) is 0.668. The average molecular weight is 322 g/mol. The highest BCUT2D eigenvalue weighted by molar-refractivity contribution is 7.88. The van der Waals surface area contributed by atoms with Crippen LogP contribution >= 0.6 is 0 Å². The number of sulfonamides is 1. The molecule has 7 nitrogen and oxygen atoms in total. The van der Waals surface area contributed by atoms with Crippen LogP contribution in [0.25, 0.3) is 0 Å². The summed E-state index contributed by atoms with van der Waals surface area (Å²) in [5, 5.41) is 19.7. The first-order valence-corrected chi connectivity index (χ1v) is 9.34. The van der Waals surface area contributed by atoms with E-state index in [0.29, 0.717) is 5.92 Å². The average Bonchev–Trinajstić information content (AvgIpc) is 2.73. The van der Waals surface area contributed by atoms with Gasteiger partial charge in [-0.05, 0) is 31.8 Å². The largest absolute Gasteiger partial charge is 0.394 e. The molecule has 2 rings (SSSR count). The number of aliphatic hydroxyl groups excluding tert-OH is 2. The molecule has 21 heavy (non-hydrogen) atoms. The Morgan fingerprint density at radius 2 is 1.90 bits per heavy atom. The van der Waals surface area contributed by atoms with E-state index in [-0.39, 0.29) is 19.2 Å². The van der Waals surface area contributed by atoms with Crippen LogP contribution in [0.1, 0.15) is 19.8 Å². The van der Waals surface area contributed by atoms with Crippen LogP contribution in [0.2, 0.25) is 0 Å². The van der Waals surface area contributed by atoms with Crippen LogP contribution in [0.3, 0.4) is 0 Å². The van der Waals surface area contributed by atoms with Gasteiger partial charge in [-0.2, -0.15) is 0 Å². The zero-order valence-electron chi connectivity index (χ0n) is 12.6. The van der Waals surface area contributed by atoms with Crippen LogP contribution < -0.4 is 4.72 Å². The standard InChI is InChI=1S/C13H26N2O5S/c1-9-3-5-15(6-4-9)12-10(7-14-21(2,18)19)20-11(8-16)13(12)17/h9-14,16-17H,3-8H2,1-2H3/t10-,11+,12+,13-/m1/s1. The fraction of sp³-hybridized carbons (Fsp3) is 1.00. The maximum absolute atomic E-state index is 11.3. The summed E-state index contributed by atoms with van der Waals surface area (Å²) >= 11 is 0. The molecule has 2 aliphatic rings. The number of aliphatic hydroxyl groups is 2. The minimum absolute atomic E-state index is 0.114. The van der Waals surface area contributed by atoms with Gasteiger partial charge < -0.3 is 14.9 Å². The highest BCUT2D eigenvalue weighted by Crippen LogP contribution is 2.29. The van der Waals surface area contributed by atoms with Crippen molar-refractivity contribution < 1.29 is 23.4 Å². The Labute approximate surface area is 126 Å².